The molecule has 0 fully saturated rings. The maximum absolute atomic E-state index is 13.7. The Morgan fingerprint density at radius 1 is 1.11 bits per heavy atom. The van der Waals surface area contributed by atoms with E-state index in [2.05, 4.69) is 27.3 Å². The predicted molar refractivity (Wildman–Crippen MR) is 77.3 cm³/mol. The third-order valence-corrected chi connectivity index (χ3v) is 3.59. The summed E-state index contributed by atoms with van der Waals surface area (Å²) in [4.78, 5) is 0. The summed E-state index contributed by atoms with van der Waals surface area (Å²) in [5.41, 5.74) is 3.66. The van der Waals surface area contributed by atoms with E-state index in [0.29, 0.717) is 11.0 Å². The van der Waals surface area contributed by atoms with Gasteiger partial charge in [-0.25, -0.2) is 8.78 Å². The van der Waals surface area contributed by atoms with Gasteiger partial charge in [0.2, 0.25) is 0 Å². The number of halogens is 3. The van der Waals surface area contributed by atoms with Crippen LogP contribution >= 0.6 is 15.9 Å². The van der Waals surface area contributed by atoms with Gasteiger partial charge in [-0.15, -0.1) is 0 Å². The highest BCUT2D eigenvalue weighted by molar-refractivity contribution is 9.10. The molecular weight excluding hydrogens is 312 g/mol. The number of hydrogen-bond donors (Lipinski definition) is 1. The van der Waals surface area contributed by atoms with Crippen molar-refractivity contribution in [3.05, 3.63) is 63.1 Å². The highest BCUT2D eigenvalue weighted by Crippen LogP contribution is 2.27. The molecule has 0 bridgehead atoms. The molecule has 0 amide bonds. The van der Waals surface area contributed by atoms with Gasteiger partial charge in [-0.1, -0.05) is 23.8 Å². The quantitative estimate of drug-likeness (QED) is 0.841. The summed E-state index contributed by atoms with van der Waals surface area (Å²) in [5.74, 6) is -1.20. The summed E-state index contributed by atoms with van der Waals surface area (Å²) in [6, 6.07) is 8.23. The normalized spacial score (nSPS) is 10.6. The first-order valence-corrected chi connectivity index (χ1v) is 6.71. The van der Waals surface area contributed by atoms with E-state index in [4.69, 9.17) is 0 Å². The van der Waals surface area contributed by atoms with Crippen molar-refractivity contribution in [1.82, 2.24) is 0 Å². The molecule has 0 aromatic heterocycles. The van der Waals surface area contributed by atoms with Crippen molar-refractivity contribution in [1.29, 1.82) is 0 Å². The van der Waals surface area contributed by atoms with Gasteiger partial charge in [0.25, 0.3) is 0 Å². The fourth-order valence-corrected chi connectivity index (χ4v) is 2.43. The maximum atomic E-state index is 13.7. The first-order valence-electron chi connectivity index (χ1n) is 5.92. The SMILES string of the molecule is Cc1ccc(C)c(CNc2c(F)cc(F)cc2Br)c1. The van der Waals surface area contributed by atoms with E-state index in [9.17, 15) is 8.78 Å². The molecule has 0 aliphatic heterocycles. The minimum Gasteiger partial charge on any atom is -0.378 e. The van der Waals surface area contributed by atoms with Gasteiger partial charge in [0.05, 0.1) is 5.69 Å². The van der Waals surface area contributed by atoms with Crippen LogP contribution < -0.4 is 5.32 Å². The van der Waals surface area contributed by atoms with Gasteiger partial charge in [-0.2, -0.15) is 0 Å². The van der Waals surface area contributed by atoms with Crippen LogP contribution in [0, 0.1) is 25.5 Å². The van der Waals surface area contributed by atoms with E-state index in [0.717, 1.165) is 22.8 Å². The Hall–Kier alpha value is -1.42. The minimum absolute atomic E-state index is 0.280. The second-order valence-corrected chi connectivity index (χ2v) is 5.38. The molecule has 0 unspecified atom stereocenters. The van der Waals surface area contributed by atoms with Crippen LogP contribution in [0.15, 0.2) is 34.8 Å². The smallest absolute Gasteiger partial charge is 0.150 e. The third-order valence-electron chi connectivity index (χ3n) is 2.97. The van der Waals surface area contributed by atoms with Gasteiger partial charge in [-0.05, 0) is 47.0 Å². The van der Waals surface area contributed by atoms with Gasteiger partial charge in [-0.3, -0.25) is 0 Å². The van der Waals surface area contributed by atoms with Crippen LogP contribution in [0.2, 0.25) is 0 Å². The molecule has 0 heterocycles. The molecular formula is C15H14BrF2N. The van der Waals surface area contributed by atoms with Crippen LogP contribution in [0.1, 0.15) is 16.7 Å². The molecule has 2 rings (SSSR count). The zero-order valence-electron chi connectivity index (χ0n) is 10.7. The van der Waals surface area contributed by atoms with Gasteiger partial charge in [0.1, 0.15) is 11.6 Å². The first-order chi connectivity index (χ1) is 8.97. The number of hydrogen-bond acceptors (Lipinski definition) is 1. The summed E-state index contributed by atoms with van der Waals surface area (Å²) in [6.45, 7) is 4.51. The number of aryl methyl sites for hydroxylation is 2. The highest BCUT2D eigenvalue weighted by atomic mass is 79.9. The molecule has 4 heteroatoms. The van der Waals surface area contributed by atoms with Gasteiger partial charge in [0.15, 0.2) is 0 Å². The first kappa shape index (κ1) is 14.0. The Balaban J connectivity index is 2.21. The van der Waals surface area contributed by atoms with Crippen LogP contribution in [0.25, 0.3) is 0 Å². The fourth-order valence-electron chi connectivity index (χ4n) is 1.89. The monoisotopic (exact) mass is 325 g/mol. The van der Waals surface area contributed by atoms with Crippen LogP contribution in [-0.4, -0.2) is 0 Å². The fraction of sp³-hybridized carbons (Fsp3) is 0.200. The van der Waals surface area contributed by atoms with Crippen molar-refractivity contribution in [2.45, 2.75) is 20.4 Å². The van der Waals surface area contributed by atoms with E-state index in [1.54, 1.807) is 0 Å². The molecule has 1 nitrogen and oxygen atoms in total. The number of anilines is 1. The third kappa shape index (κ3) is 3.32. The molecule has 2 aromatic carbocycles. The van der Waals surface area contributed by atoms with Gasteiger partial charge < -0.3 is 5.32 Å². The Morgan fingerprint density at radius 3 is 2.53 bits per heavy atom. The molecule has 0 saturated heterocycles. The lowest BCUT2D eigenvalue weighted by Gasteiger charge is -2.12. The number of rotatable bonds is 3. The molecule has 0 aliphatic carbocycles. The van der Waals surface area contributed by atoms with E-state index < -0.39 is 11.6 Å². The number of nitrogens with one attached hydrogen (secondary N) is 1. The van der Waals surface area contributed by atoms with Crippen molar-refractivity contribution in [3.8, 4) is 0 Å². The maximum Gasteiger partial charge on any atom is 0.150 e. The molecule has 0 atom stereocenters. The second kappa shape index (κ2) is 5.70. The van der Waals surface area contributed by atoms with Crippen molar-refractivity contribution < 1.29 is 8.78 Å². The molecule has 19 heavy (non-hydrogen) atoms. The zero-order valence-corrected chi connectivity index (χ0v) is 12.3. The van der Waals surface area contributed by atoms with Crippen molar-refractivity contribution >= 4 is 21.6 Å². The van der Waals surface area contributed by atoms with Crippen LogP contribution in [0.5, 0.6) is 0 Å². The molecule has 100 valence electrons. The van der Waals surface area contributed by atoms with Crippen molar-refractivity contribution in [2.75, 3.05) is 5.32 Å². The van der Waals surface area contributed by atoms with E-state index in [1.807, 2.05) is 26.0 Å². The number of benzene rings is 2. The molecule has 0 spiro atoms. The molecule has 0 aliphatic rings. The van der Waals surface area contributed by atoms with Crippen LogP contribution in [-0.2, 0) is 6.54 Å². The van der Waals surface area contributed by atoms with Crippen molar-refractivity contribution in [3.63, 3.8) is 0 Å². The lowest BCUT2D eigenvalue weighted by atomic mass is 10.1. The topological polar surface area (TPSA) is 12.0 Å². The molecule has 1 N–H and O–H groups in total. The summed E-state index contributed by atoms with van der Waals surface area (Å²) in [6.07, 6.45) is 0. The summed E-state index contributed by atoms with van der Waals surface area (Å²) < 4.78 is 27.0. The van der Waals surface area contributed by atoms with Crippen molar-refractivity contribution in [2.24, 2.45) is 0 Å². The molecule has 0 saturated carbocycles. The Kier molecular flexibility index (Phi) is 4.20. The standard InChI is InChI=1S/C15H14BrF2N/c1-9-3-4-10(2)11(5-9)8-19-15-13(16)6-12(17)7-14(15)18/h3-7,19H,8H2,1-2H3. The van der Waals surface area contributed by atoms with Crippen LogP contribution in [0.3, 0.4) is 0 Å². The Morgan fingerprint density at radius 2 is 1.84 bits per heavy atom. The van der Waals surface area contributed by atoms with Gasteiger partial charge in [0, 0.05) is 17.1 Å². The average Bonchev–Trinajstić information content (AvgIpc) is 2.32. The summed E-state index contributed by atoms with van der Waals surface area (Å²) >= 11 is 3.16. The second-order valence-electron chi connectivity index (χ2n) is 4.53. The minimum atomic E-state index is -0.600. The molecule has 0 radical (unpaired) electrons. The summed E-state index contributed by atoms with van der Waals surface area (Å²) in [7, 11) is 0. The molecule has 2 aromatic rings. The van der Waals surface area contributed by atoms with E-state index in [1.165, 1.54) is 6.07 Å². The largest absolute Gasteiger partial charge is 0.378 e. The zero-order chi connectivity index (χ0) is 14.0. The Bertz CT molecular complexity index is 588. The van der Waals surface area contributed by atoms with E-state index in [-0.39, 0.29) is 5.69 Å². The van der Waals surface area contributed by atoms with Crippen LogP contribution in [0.4, 0.5) is 14.5 Å². The van der Waals surface area contributed by atoms with E-state index >= 15 is 0 Å². The highest BCUT2D eigenvalue weighted by Gasteiger charge is 2.09. The summed E-state index contributed by atoms with van der Waals surface area (Å²) in [5, 5.41) is 3.00. The predicted octanol–water partition coefficient (Wildman–Crippen LogP) is 4.96. The lowest BCUT2D eigenvalue weighted by molar-refractivity contribution is 0.583. The Labute approximate surface area is 119 Å². The average molecular weight is 326 g/mol. The van der Waals surface area contributed by atoms with Gasteiger partial charge >= 0.3 is 0 Å². The lowest BCUT2D eigenvalue weighted by Crippen LogP contribution is -2.04.